The van der Waals surface area contributed by atoms with Crippen LogP contribution in [0, 0.1) is 11.8 Å². The summed E-state index contributed by atoms with van der Waals surface area (Å²) in [5.74, 6) is -3.40. The van der Waals surface area contributed by atoms with E-state index in [1.165, 1.54) is 13.2 Å². The average Bonchev–Trinajstić information content (AvgIpc) is 2.62. The number of benzene rings is 1. The zero-order valence-electron chi connectivity index (χ0n) is 16.8. The van der Waals surface area contributed by atoms with Crippen molar-refractivity contribution in [2.75, 3.05) is 7.11 Å². The molecule has 1 aromatic rings. The summed E-state index contributed by atoms with van der Waals surface area (Å²) in [4.78, 5) is 23.0. The minimum atomic E-state index is -1.33. The molecule has 0 heterocycles. The van der Waals surface area contributed by atoms with Gasteiger partial charge in [0.2, 0.25) is 0 Å². The molecule has 0 amide bonds. The van der Waals surface area contributed by atoms with Crippen LogP contribution in [0.4, 0.5) is 0 Å². The van der Waals surface area contributed by atoms with Gasteiger partial charge < -0.3 is 25.2 Å². The van der Waals surface area contributed by atoms with Crippen molar-refractivity contribution in [1.29, 1.82) is 0 Å². The largest absolute Gasteiger partial charge is 0.504 e. The van der Waals surface area contributed by atoms with E-state index in [1.807, 2.05) is 20.8 Å². The van der Waals surface area contributed by atoms with Gasteiger partial charge >= 0.3 is 11.9 Å². The van der Waals surface area contributed by atoms with Crippen molar-refractivity contribution >= 4 is 11.9 Å². The van der Waals surface area contributed by atoms with E-state index in [0.717, 1.165) is 12.8 Å². The molecule has 0 bridgehead atoms. The Morgan fingerprint density at radius 1 is 1.21 bits per heavy atom. The molecule has 1 aliphatic carbocycles. The summed E-state index contributed by atoms with van der Waals surface area (Å²) in [7, 11) is 1.36. The van der Waals surface area contributed by atoms with Gasteiger partial charge in [-0.1, -0.05) is 33.6 Å². The molecule has 0 aliphatic heterocycles. The molecule has 0 spiro atoms. The van der Waals surface area contributed by atoms with Gasteiger partial charge in [-0.3, -0.25) is 4.79 Å². The third-order valence-corrected chi connectivity index (χ3v) is 5.95. The number of carboxylic acids is 1. The third kappa shape index (κ3) is 4.24. The Balaban J connectivity index is 2.29. The average molecular weight is 394 g/mol. The number of esters is 1. The van der Waals surface area contributed by atoms with E-state index in [-0.39, 0.29) is 35.2 Å². The summed E-state index contributed by atoms with van der Waals surface area (Å²) in [6.07, 6.45) is 1.87. The van der Waals surface area contributed by atoms with E-state index < -0.39 is 23.6 Å². The number of rotatable bonds is 7. The number of carbonyl (C=O) groups is 2. The number of hydrogen-bond acceptors (Lipinski definition) is 6. The maximum Gasteiger partial charge on any atom is 0.339 e. The van der Waals surface area contributed by atoms with Gasteiger partial charge in [0, 0.05) is 11.5 Å². The molecule has 0 saturated heterocycles. The fourth-order valence-corrected chi connectivity index (χ4v) is 4.41. The number of carboxylic acid groups (broad SMARTS) is 1. The van der Waals surface area contributed by atoms with Crippen LogP contribution in [0.2, 0.25) is 0 Å². The lowest BCUT2D eigenvalue weighted by molar-refractivity contribution is -0.145. The third-order valence-electron chi connectivity index (χ3n) is 5.95. The van der Waals surface area contributed by atoms with Gasteiger partial charge in [0.05, 0.1) is 19.1 Å². The highest BCUT2D eigenvalue weighted by Crippen LogP contribution is 2.50. The molecule has 4 N–H and O–H groups in total. The number of hydrogen-bond donors (Lipinski definition) is 4. The highest BCUT2D eigenvalue weighted by molar-refractivity contribution is 5.92. The van der Waals surface area contributed by atoms with E-state index in [4.69, 9.17) is 4.74 Å². The molecule has 156 valence electrons. The molecule has 1 aliphatic rings. The van der Waals surface area contributed by atoms with E-state index in [9.17, 15) is 30.0 Å². The lowest BCUT2D eigenvalue weighted by Crippen LogP contribution is -2.32. The van der Waals surface area contributed by atoms with Gasteiger partial charge in [0.25, 0.3) is 0 Å². The van der Waals surface area contributed by atoms with Gasteiger partial charge in [0.15, 0.2) is 11.5 Å². The van der Waals surface area contributed by atoms with Crippen molar-refractivity contribution < 1.29 is 34.8 Å². The predicted octanol–water partition coefficient (Wildman–Crippen LogP) is 3.36. The monoisotopic (exact) mass is 394 g/mol. The number of methoxy groups -OCH3 is 1. The molecule has 0 saturated carbocycles. The van der Waals surface area contributed by atoms with E-state index in [1.54, 1.807) is 0 Å². The number of aromatic carboxylic acids is 1. The molecule has 0 radical (unpaired) electrons. The molecule has 0 aromatic heterocycles. The number of phenols is 2. The summed E-state index contributed by atoms with van der Waals surface area (Å²) < 4.78 is 4.74. The maximum atomic E-state index is 11.5. The summed E-state index contributed by atoms with van der Waals surface area (Å²) >= 11 is 0. The zero-order valence-corrected chi connectivity index (χ0v) is 16.8. The second-order valence-electron chi connectivity index (χ2n) is 7.99. The van der Waals surface area contributed by atoms with Gasteiger partial charge in [-0.2, -0.15) is 0 Å². The van der Waals surface area contributed by atoms with Crippen molar-refractivity contribution in [3.05, 3.63) is 22.8 Å². The van der Waals surface area contributed by atoms with Crippen LogP contribution in [0.1, 0.15) is 79.8 Å². The predicted molar refractivity (Wildman–Crippen MR) is 103 cm³/mol. The van der Waals surface area contributed by atoms with Crippen molar-refractivity contribution in [3.63, 3.8) is 0 Å². The fourth-order valence-electron chi connectivity index (χ4n) is 4.41. The second kappa shape index (κ2) is 8.82. The smallest absolute Gasteiger partial charge is 0.339 e. The molecular weight excluding hydrogens is 364 g/mol. The zero-order chi connectivity index (χ0) is 21.2. The topological polar surface area (TPSA) is 124 Å². The standard InChI is InChI=1S/C21H30O7/c1-10(6-5-7-11(2)21(27)28-4)16-13-9-14(20(25)26)18(23)19(24)17(13)12(3)8-15(16)22/h9-12,15-16,22-24H,5-8H2,1-4H3,(H,25,26)/t10-,11?,12+,15+,16-/m0/s1. The van der Waals surface area contributed by atoms with Crippen LogP contribution in [0.25, 0.3) is 0 Å². The number of ether oxygens (including phenoxy) is 1. The van der Waals surface area contributed by atoms with Crippen LogP contribution >= 0.6 is 0 Å². The Labute approximate surface area is 165 Å². The highest BCUT2D eigenvalue weighted by atomic mass is 16.5. The highest BCUT2D eigenvalue weighted by Gasteiger charge is 2.39. The second-order valence-corrected chi connectivity index (χ2v) is 7.99. The molecular formula is C21H30O7. The van der Waals surface area contributed by atoms with Gasteiger partial charge in [0.1, 0.15) is 5.56 Å². The lowest BCUT2D eigenvalue weighted by atomic mass is 9.69. The van der Waals surface area contributed by atoms with Crippen LogP contribution in [-0.2, 0) is 9.53 Å². The molecule has 7 heteroatoms. The van der Waals surface area contributed by atoms with Gasteiger partial charge in [-0.25, -0.2) is 4.79 Å². The fraction of sp³-hybridized carbons (Fsp3) is 0.619. The number of carbonyl (C=O) groups excluding carboxylic acids is 1. The SMILES string of the molecule is COC(=O)C(C)CCC[C@H](C)[C@H]1c2cc(C(=O)O)c(O)c(O)c2[C@H](C)C[C@H]1O. The summed E-state index contributed by atoms with van der Waals surface area (Å²) in [6, 6.07) is 1.38. The van der Waals surface area contributed by atoms with Gasteiger partial charge in [-0.15, -0.1) is 0 Å². The first-order chi connectivity index (χ1) is 13.1. The molecule has 5 atom stereocenters. The van der Waals surface area contributed by atoms with Crippen molar-refractivity contribution in [2.45, 2.75) is 64.4 Å². The molecule has 2 rings (SSSR count). The van der Waals surface area contributed by atoms with E-state index in [2.05, 4.69) is 0 Å². The Hall–Kier alpha value is -2.28. The molecule has 28 heavy (non-hydrogen) atoms. The van der Waals surface area contributed by atoms with Crippen LogP contribution in [-0.4, -0.2) is 45.6 Å². The Bertz CT molecular complexity index is 743. The Kier molecular flexibility index (Phi) is 6.93. The molecule has 1 aromatic carbocycles. The number of phenolic OH excluding ortho intramolecular Hbond substituents is 1. The summed E-state index contributed by atoms with van der Waals surface area (Å²) in [5, 5.41) is 40.6. The number of aliphatic hydroxyl groups is 1. The maximum absolute atomic E-state index is 11.5. The van der Waals surface area contributed by atoms with E-state index in [0.29, 0.717) is 24.0 Å². The number of aliphatic hydroxyl groups excluding tert-OH is 1. The first-order valence-electron chi connectivity index (χ1n) is 9.67. The molecule has 1 unspecified atom stereocenters. The van der Waals surface area contributed by atoms with Crippen LogP contribution < -0.4 is 0 Å². The van der Waals surface area contributed by atoms with Crippen LogP contribution in [0.15, 0.2) is 6.07 Å². The lowest BCUT2D eigenvalue weighted by Gasteiger charge is -2.38. The van der Waals surface area contributed by atoms with Crippen molar-refractivity contribution in [3.8, 4) is 11.5 Å². The first kappa shape index (κ1) is 22.0. The van der Waals surface area contributed by atoms with Crippen LogP contribution in [0.3, 0.4) is 0 Å². The molecule has 0 fully saturated rings. The summed E-state index contributed by atoms with van der Waals surface area (Å²) in [5.41, 5.74) is 0.717. The normalized spacial score (nSPS) is 23.5. The van der Waals surface area contributed by atoms with Crippen LogP contribution in [0.5, 0.6) is 11.5 Å². The summed E-state index contributed by atoms with van der Waals surface area (Å²) in [6.45, 7) is 5.62. The van der Waals surface area contributed by atoms with E-state index >= 15 is 0 Å². The van der Waals surface area contributed by atoms with Crippen molar-refractivity contribution in [2.24, 2.45) is 11.8 Å². The van der Waals surface area contributed by atoms with Gasteiger partial charge in [-0.05, 0) is 36.3 Å². The quantitative estimate of drug-likeness (QED) is 0.413. The first-order valence-corrected chi connectivity index (χ1v) is 9.67. The Morgan fingerprint density at radius 2 is 1.86 bits per heavy atom. The number of fused-ring (bicyclic) bond motifs is 1. The minimum absolute atomic E-state index is 0.00307. The number of aromatic hydroxyl groups is 2. The van der Waals surface area contributed by atoms with Crippen molar-refractivity contribution in [1.82, 2.24) is 0 Å². The minimum Gasteiger partial charge on any atom is -0.504 e. The molecule has 7 nitrogen and oxygen atoms in total. The Morgan fingerprint density at radius 3 is 2.43 bits per heavy atom.